The van der Waals surface area contributed by atoms with Crippen molar-refractivity contribution in [1.29, 1.82) is 0 Å². The summed E-state index contributed by atoms with van der Waals surface area (Å²) in [7, 11) is -3.31. The van der Waals surface area contributed by atoms with Gasteiger partial charge in [0.15, 0.2) is 5.13 Å². The van der Waals surface area contributed by atoms with Crippen LogP contribution in [0.5, 0.6) is 0 Å². The minimum atomic E-state index is -3.31. The highest BCUT2D eigenvalue weighted by Gasteiger charge is 2.21. The van der Waals surface area contributed by atoms with Crippen molar-refractivity contribution in [1.82, 2.24) is 9.88 Å². The quantitative estimate of drug-likeness (QED) is 0.516. The molecule has 1 amide bonds. The molecule has 7 nitrogen and oxygen atoms in total. The van der Waals surface area contributed by atoms with Gasteiger partial charge in [0.25, 0.3) is 0 Å². The predicted molar refractivity (Wildman–Crippen MR) is 129 cm³/mol. The normalized spacial score (nSPS) is 14.3. The third-order valence-corrected chi connectivity index (χ3v) is 6.53. The van der Waals surface area contributed by atoms with E-state index in [9.17, 15) is 13.2 Å². The molecule has 2 N–H and O–H groups in total. The van der Waals surface area contributed by atoms with Gasteiger partial charge in [-0.25, -0.2) is 13.4 Å². The Labute approximate surface area is 191 Å². The Morgan fingerprint density at radius 2 is 1.91 bits per heavy atom. The average molecular weight is 469 g/mol. The number of aromatic nitrogens is 1. The molecule has 0 unspecified atom stereocenters. The van der Waals surface area contributed by atoms with Gasteiger partial charge < -0.3 is 0 Å². The van der Waals surface area contributed by atoms with E-state index in [2.05, 4.69) is 44.2 Å². The van der Waals surface area contributed by atoms with E-state index in [0.717, 1.165) is 43.6 Å². The van der Waals surface area contributed by atoms with E-state index >= 15 is 0 Å². The third-order valence-electron chi connectivity index (χ3n) is 4.93. The van der Waals surface area contributed by atoms with Crippen molar-refractivity contribution in [2.45, 2.75) is 19.5 Å². The van der Waals surface area contributed by atoms with E-state index in [1.807, 2.05) is 6.07 Å². The lowest BCUT2D eigenvalue weighted by Gasteiger charge is -2.25. The lowest BCUT2D eigenvalue weighted by molar-refractivity contribution is -0.111. The van der Waals surface area contributed by atoms with Gasteiger partial charge in [0.2, 0.25) is 15.9 Å². The lowest BCUT2D eigenvalue weighted by Crippen LogP contribution is -2.29. The van der Waals surface area contributed by atoms with Crippen LogP contribution in [0.4, 0.5) is 10.8 Å². The van der Waals surface area contributed by atoms with Crippen LogP contribution in [0.15, 0.2) is 60.7 Å². The number of nitrogens with zero attached hydrogens (tertiary/aromatic N) is 2. The first-order valence-electron chi connectivity index (χ1n) is 10.2. The fourth-order valence-electron chi connectivity index (χ4n) is 3.47. The van der Waals surface area contributed by atoms with Crippen LogP contribution < -0.4 is 10.0 Å². The summed E-state index contributed by atoms with van der Waals surface area (Å²) < 4.78 is 24.9. The van der Waals surface area contributed by atoms with Gasteiger partial charge >= 0.3 is 0 Å². The Morgan fingerprint density at radius 1 is 1.16 bits per heavy atom. The standard InChI is InChI=1S/C23H24N4O3S2/c1-32(29,30)26-19-10-7-17(8-11-19)9-12-22(28)25-23-24-20-13-14-27(16-21(20)31-23)15-18-5-3-2-4-6-18/h2-12,26H,13-16H2,1H3,(H,24,25,28)/b12-9+. The number of nitrogens with one attached hydrogen (secondary N) is 2. The van der Waals surface area contributed by atoms with Gasteiger partial charge in [-0.3, -0.25) is 19.7 Å². The van der Waals surface area contributed by atoms with Crippen LogP contribution in [0, 0.1) is 0 Å². The Hall–Kier alpha value is -3.01. The van der Waals surface area contributed by atoms with E-state index in [-0.39, 0.29) is 5.91 Å². The second-order valence-electron chi connectivity index (χ2n) is 7.65. The Balaban J connectivity index is 1.33. The number of sulfonamides is 1. The zero-order chi connectivity index (χ0) is 22.6. The summed E-state index contributed by atoms with van der Waals surface area (Å²) in [5, 5.41) is 3.46. The molecule has 0 atom stereocenters. The number of carbonyl (C=O) groups excluding carboxylic acids is 1. The summed E-state index contributed by atoms with van der Waals surface area (Å²) in [6, 6.07) is 17.2. The van der Waals surface area contributed by atoms with Crippen LogP contribution in [-0.4, -0.2) is 37.0 Å². The first kappa shape index (κ1) is 22.2. The maximum absolute atomic E-state index is 12.3. The van der Waals surface area contributed by atoms with Crippen LogP contribution in [0.3, 0.4) is 0 Å². The summed E-state index contributed by atoms with van der Waals surface area (Å²) >= 11 is 1.52. The zero-order valence-corrected chi connectivity index (χ0v) is 19.2. The molecule has 166 valence electrons. The summed E-state index contributed by atoms with van der Waals surface area (Å²) in [6.07, 6.45) is 5.09. The molecular weight excluding hydrogens is 444 g/mol. The van der Waals surface area contributed by atoms with Gasteiger partial charge in [-0.15, -0.1) is 11.3 Å². The van der Waals surface area contributed by atoms with Crippen molar-refractivity contribution in [2.24, 2.45) is 0 Å². The summed E-state index contributed by atoms with van der Waals surface area (Å²) in [5.74, 6) is -0.254. The van der Waals surface area contributed by atoms with Crippen molar-refractivity contribution in [2.75, 3.05) is 22.8 Å². The molecular formula is C23H24N4O3S2. The van der Waals surface area contributed by atoms with Crippen LogP contribution >= 0.6 is 11.3 Å². The number of thiazole rings is 1. The third kappa shape index (κ3) is 6.25. The minimum Gasteiger partial charge on any atom is -0.298 e. The number of carbonyl (C=O) groups is 1. The molecule has 0 saturated heterocycles. The predicted octanol–water partition coefficient (Wildman–Crippen LogP) is 3.72. The van der Waals surface area contributed by atoms with Gasteiger partial charge in [-0.05, 0) is 29.3 Å². The number of rotatable bonds is 7. The minimum absolute atomic E-state index is 0.254. The highest BCUT2D eigenvalue weighted by Crippen LogP contribution is 2.29. The SMILES string of the molecule is CS(=O)(=O)Nc1ccc(/C=C/C(=O)Nc2nc3c(s2)CN(Cc2ccccc2)CC3)cc1. The first-order valence-corrected chi connectivity index (χ1v) is 12.9. The smallest absolute Gasteiger partial charge is 0.250 e. The van der Waals surface area contributed by atoms with Crippen molar-refractivity contribution < 1.29 is 13.2 Å². The lowest BCUT2D eigenvalue weighted by atomic mass is 10.1. The number of anilines is 2. The van der Waals surface area contributed by atoms with Gasteiger partial charge in [0.1, 0.15) is 0 Å². The molecule has 0 aliphatic carbocycles. The maximum atomic E-state index is 12.3. The first-order chi connectivity index (χ1) is 15.3. The van der Waals surface area contributed by atoms with E-state index in [1.165, 1.54) is 27.9 Å². The Bertz CT molecular complexity index is 1220. The zero-order valence-electron chi connectivity index (χ0n) is 17.6. The van der Waals surface area contributed by atoms with Gasteiger partial charge in [-0.1, -0.05) is 42.5 Å². The highest BCUT2D eigenvalue weighted by atomic mass is 32.2. The molecule has 0 fully saturated rings. The fourth-order valence-corrected chi connectivity index (χ4v) is 5.09. The molecule has 1 aromatic heterocycles. The molecule has 0 radical (unpaired) electrons. The number of hydrogen-bond acceptors (Lipinski definition) is 6. The van der Waals surface area contributed by atoms with Crippen molar-refractivity contribution in [3.63, 3.8) is 0 Å². The molecule has 3 aromatic rings. The second-order valence-corrected chi connectivity index (χ2v) is 10.5. The van der Waals surface area contributed by atoms with Crippen molar-refractivity contribution in [3.05, 3.63) is 82.4 Å². The van der Waals surface area contributed by atoms with Crippen molar-refractivity contribution in [3.8, 4) is 0 Å². The van der Waals surface area contributed by atoms with Crippen LogP contribution in [0.2, 0.25) is 0 Å². The highest BCUT2D eigenvalue weighted by molar-refractivity contribution is 7.92. The molecule has 1 aliphatic rings. The Kier molecular flexibility index (Phi) is 6.69. The molecule has 4 rings (SSSR count). The second kappa shape index (κ2) is 9.64. The molecule has 1 aliphatic heterocycles. The largest absolute Gasteiger partial charge is 0.298 e. The Morgan fingerprint density at radius 3 is 2.62 bits per heavy atom. The number of fused-ring (bicyclic) bond motifs is 1. The van der Waals surface area contributed by atoms with Crippen molar-refractivity contribution >= 4 is 44.2 Å². The average Bonchev–Trinajstić information content (AvgIpc) is 3.14. The molecule has 0 spiro atoms. The fraction of sp³-hybridized carbons (Fsp3) is 0.217. The number of benzene rings is 2. The van der Waals surface area contributed by atoms with E-state index in [4.69, 9.17) is 0 Å². The molecule has 2 aromatic carbocycles. The molecule has 32 heavy (non-hydrogen) atoms. The van der Waals surface area contributed by atoms with E-state index in [0.29, 0.717) is 10.8 Å². The molecule has 2 heterocycles. The molecule has 9 heteroatoms. The van der Waals surface area contributed by atoms with Crippen LogP contribution in [0.1, 0.15) is 21.7 Å². The topological polar surface area (TPSA) is 91.4 Å². The van der Waals surface area contributed by atoms with E-state index < -0.39 is 10.0 Å². The maximum Gasteiger partial charge on any atom is 0.250 e. The van der Waals surface area contributed by atoms with Gasteiger partial charge in [0, 0.05) is 42.7 Å². The van der Waals surface area contributed by atoms with Gasteiger partial charge in [-0.2, -0.15) is 0 Å². The molecule has 0 bridgehead atoms. The van der Waals surface area contributed by atoms with Crippen LogP contribution in [0.25, 0.3) is 6.08 Å². The molecule has 0 saturated carbocycles. The van der Waals surface area contributed by atoms with E-state index in [1.54, 1.807) is 30.3 Å². The summed E-state index contributed by atoms with van der Waals surface area (Å²) in [4.78, 5) is 20.5. The number of amides is 1. The summed E-state index contributed by atoms with van der Waals surface area (Å²) in [6.45, 7) is 2.69. The van der Waals surface area contributed by atoms with Crippen LogP contribution in [-0.2, 0) is 34.3 Å². The monoisotopic (exact) mass is 468 g/mol. The van der Waals surface area contributed by atoms with Gasteiger partial charge in [0.05, 0.1) is 11.9 Å². The summed E-state index contributed by atoms with van der Waals surface area (Å²) in [5.41, 5.74) is 3.62. The number of hydrogen-bond donors (Lipinski definition) is 2.